The minimum absolute atomic E-state index is 0.342. The highest BCUT2D eigenvalue weighted by Crippen LogP contribution is 2.27. The standard InChI is InChI=1S/C12H14OS/c13-11-5-7-12(8-6-11)14-9-10-3-1-2-4-10/h3,5-8,13H,1-2,4,9H2. The summed E-state index contributed by atoms with van der Waals surface area (Å²) in [5, 5.41) is 9.12. The summed E-state index contributed by atoms with van der Waals surface area (Å²) in [7, 11) is 0. The Balaban J connectivity index is 1.88. The quantitative estimate of drug-likeness (QED) is 0.602. The first-order valence-corrected chi connectivity index (χ1v) is 5.93. The number of benzene rings is 1. The van der Waals surface area contributed by atoms with E-state index in [1.165, 1.54) is 24.2 Å². The summed E-state index contributed by atoms with van der Waals surface area (Å²) in [6, 6.07) is 7.42. The lowest BCUT2D eigenvalue weighted by molar-refractivity contribution is 0.475. The van der Waals surface area contributed by atoms with Crippen molar-refractivity contribution in [2.45, 2.75) is 24.2 Å². The molecule has 1 aliphatic rings. The van der Waals surface area contributed by atoms with Gasteiger partial charge in [0.1, 0.15) is 5.75 Å². The monoisotopic (exact) mass is 206 g/mol. The van der Waals surface area contributed by atoms with Gasteiger partial charge in [-0.05, 0) is 43.5 Å². The number of phenolic OH excluding ortho intramolecular Hbond substituents is 1. The lowest BCUT2D eigenvalue weighted by Crippen LogP contribution is -1.82. The third kappa shape index (κ3) is 2.55. The Bertz CT molecular complexity index is 327. The lowest BCUT2D eigenvalue weighted by atomic mass is 10.3. The maximum absolute atomic E-state index is 9.12. The van der Waals surface area contributed by atoms with E-state index in [0.717, 1.165) is 5.75 Å². The van der Waals surface area contributed by atoms with E-state index < -0.39 is 0 Å². The minimum atomic E-state index is 0.342. The molecule has 1 aromatic rings. The molecule has 1 aromatic carbocycles. The SMILES string of the molecule is Oc1ccc(SCC2=CCCC2)cc1. The van der Waals surface area contributed by atoms with Crippen LogP contribution in [0.3, 0.4) is 0 Å². The second-order valence-corrected chi connectivity index (χ2v) is 4.59. The Kier molecular flexibility index (Phi) is 3.14. The fourth-order valence-electron chi connectivity index (χ4n) is 1.59. The Morgan fingerprint density at radius 3 is 2.64 bits per heavy atom. The molecule has 0 atom stereocenters. The van der Waals surface area contributed by atoms with Crippen molar-refractivity contribution in [2.24, 2.45) is 0 Å². The molecule has 0 fully saturated rings. The molecule has 0 amide bonds. The summed E-state index contributed by atoms with van der Waals surface area (Å²) in [6.45, 7) is 0. The average molecular weight is 206 g/mol. The molecule has 0 spiro atoms. The molecule has 2 rings (SSSR count). The number of hydrogen-bond acceptors (Lipinski definition) is 2. The summed E-state index contributed by atoms with van der Waals surface area (Å²) < 4.78 is 0. The van der Waals surface area contributed by atoms with Crippen LogP contribution in [0.25, 0.3) is 0 Å². The number of thioether (sulfide) groups is 1. The van der Waals surface area contributed by atoms with Gasteiger partial charge in [0.05, 0.1) is 0 Å². The van der Waals surface area contributed by atoms with Crippen LogP contribution in [0.5, 0.6) is 5.75 Å². The van der Waals surface area contributed by atoms with Crippen LogP contribution in [0.4, 0.5) is 0 Å². The van der Waals surface area contributed by atoms with E-state index in [1.54, 1.807) is 17.7 Å². The Labute approximate surface area is 88.8 Å². The van der Waals surface area contributed by atoms with E-state index in [4.69, 9.17) is 5.11 Å². The zero-order valence-electron chi connectivity index (χ0n) is 8.07. The van der Waals surface area contributed by atoms with Crippen molar-refractivity contribution in [3.05, 3.63) is 35.9 Å². The predicted molar refractivity (Wildman–Crippen MR) is 60.8 cm³/mol. The number of phenols is 1. The normalized spacial score (nSPS) is 15.6. The van der Waals surface area contributed by atoms with Crippen molar-refractivity contribution < 1.29 is 5.11 Å². The molecule has 1 aliphatic carbocycles. The summed E-state index contributed by atoms with van der Waals surface area (Å²) in [5.41, 5.74) is 1.57. The molecule has 0 bridgehead atoms. The molecule has 0 aromatic heterocycles. The Morgan fingerprint density at radius 2 is 2.00 bits per heavy atom. The van der Waals surface area contributed by atoms with Crippen molar-refractivity contribution in [1.29, 1.82) is 0 Å². The minimum Gasteiger partial charge on any atom is -0.508 e. The van der Waals surface area contributed by atoms with Gasteiger partial charge in [-0.2, -0.15) is 0 Å². The Hall–Kier alpha value is -0.890. The fraction of sp³-hybridized carbons (Fsp3) is 0.333. The van der Waals surface area contributed by atoms with Crippen LogP contribution in [0.15, 0.2) is 40.8 Å². The summed E-state index contributed by atoms with van der Waals surface area (Å²) in [5.74, 6) is 1.44. The Morgan fingerprint density at radius 1 is 1.21 bits per heavy atom. The van der Waals surface area contributed by atoms with Crippen LogP contribution in [0.2, 0.25) is 0 Å². The molecule has 1 nitrogen and oxygen atoms in total. The van der Waals surface area contributed by atoms with Gasteiger partial charge in [-0.25, -0.2) is 0 Å². The molecule has 74 valence electrons. The molecule has 0 aliphatic heterocycles. The number of rotatable bonds is 3. The van der Waals surface area contributed by atoms with Crippen LogP contribution < -0.4 is 0 Å². The first-order chi connectivity index (χ1) is 6.84. The molecule has 1 N–H and O–H groups in total. The van der Waals surface area contributed by atoms with Crippen molar-refractivity contribution in [3.63, 3.8) is 0 Å². The van der Waals surface area contributed by atoms with Crippen LogP contribution in [0.1, 0.15) is 19.3 Å². The smallest absolute Gasteiger partial charge is 0.115 e. The zero-order chi connectivity index (χ0) is 9.80. The molecule has 14 heavy (non-hydrogen) atoms. The third-order valence-corrected chi connectivity index (χ3v) is 3.52. The second kappa shape index (κ2) is 4.56. The summed E-state index contributed by atoms with van der Waals surface area (Å²) in [6.07, 6.45) is 6.20. The van der Waals surface area contributed by atoms with Gasteiger partial charge in [0, 0.05) is 10.6 Å². The predicted octanol–water partition coefficient (Wildman–Crippen LogP) is 3.59. The lowest BCUT2D eigenvalue weighted by Gasteiger charge is -2.02. The molecular formula is C12H14OS. The molecular weight excluding hydrogens is 192 g/mol. The van der Waals surface area contributed by atoms with Gasteiger partial charge in [-0.1, -0.05) is 11.6 Å². The maximum atomic E-state index is 9.12. The third-order valence-electron chi connectivity index (χ3n) is 2.40. The van der Waals surface area contributed by atoms with Gasteiger partial charge in [0.15, 0.2) is 0 Å². The second-order valence-electron chi connectivity index (χ2n) is 3.54. The van der Waals surface area contributed by atoms with E-state index in [2.05, 4.69) is 6.08 Å². The molecule has 0 unspecified atom stereocenters. The van der Waals surface area contributed by atoms with E-state index in [-0.39, 0.29) is 0 Å². The topological polar surface area (TPSA) is 20.2 Å². The molecule has 0 heterocycles. The van der Waals surface area contributed by atoms with Crippen LogP contribution >= 0.6 is 11.8 Å². The van der Waals surface area contributed by atoms with Gasteiger partial charge >= 0.3 is 0 Å². The van der Waals surface area contributed by atoms with Gasteiger partial charge in [0.2, 0.25) is 0 Å². The van der Waals surface area contributed by atoms with Crippen molar-refractivity contribution in [2.75, 3.05) is 5.75 Å². The molecule has 0 radical (unpaired) electrons. The van der Waals surface area contributed by atoms with Crippen molar-refractivity contribution in [3.8, 4) is 5.75 Å². The highest BCUT2D eigenvalue weighted by Gasteiger charge is 2.04. The highest BCUT2D eigenvalue weighted by atomic mass is 32.2. The molecule has 0 saturated carbocycles. The van der Waals surface area contributed by atoms with Crippen LogP contribution in [-0.4, -0.2) is 10.9 Å². The van der Waals surface area contributed by atoms with E-state index >= 15 is 0 Å². The fourth-order valence-corrected chi connectivity index (χ4v) is 2.53. The van der Waals surface area contributed by atoms with E-state index in [0.29, 0.717) is 5.75 Å². The number of aromatic hydroxyl groups is 1. The number of allylic oxidation sites excluding steroid dienone is 1. The van der Waals surface area contributed by atoms with Crippen LogP contribution in [0, 0.1) is 0 Å². The zero-order valence-corrected chi connectivity index (χ0v) is 8.89. The van der Waals surface area contributed by atoms with Crippen LogP contribution in [-0.2, 0) is 0 Å². The largest absolute Gasteiger partial charge is 0.508 e. The summed E-state index contributed by atoms with van der Waals surface area (Å²) >= 11 is 1.85. The average Bonchev–Trinajstić information content (AvgIpc) is 2.70. The first kappa shape index (κ1) is 9.66. The van der Waals surface area contributed by atoms with Crippen molar-refractivity contribution in [1.82, 2.24) is 0 Å². The molecule has 2 heteroatoms. The van der Waals surface area contributed by atoms with E-state index in [9.17, 15) is 0 Å². The maximum Gasteiger partial charge on any atom is 0.115 e. The van der Waals surface area contributed by atoms with Crippen molar-refractivity contribution >= 4 is 11.8 Å². The van der Waals surface area contributed by atoms with Gasteiger partial charge in [0.25, 0.3) is 0 Å². The number of hydrogen-bond donors (Lipinski definition) is 1. The van der Waals surface area contributed by atoms with Gasteiger partial charge < -0.3 is 5.11 Å². The summed E-state index contributed by atoms with van der Waals surface area (Å²) in [4.78, 5) is 1.23. The molecule has 0 saturated heterocycles. The highest BCUT2D eigenvalue weighted by molar-refractivity contribution is 7.99. The first-order valence-electron chi connectivity index (χ1n) is 4.94. The van der Waals surface area contributed by atoms with Gasteiger partial charge in [-0.15, -0.1) is 11.8 Å². The van der Waals surface area contributed by atoms with Gasteiger partial charge in [-0.3, -0.25) is 0 Å². The van der Waals surface area contributed by atoms with E-state index in [1.807, 2.05) is 23.9 Å².